The van der Waals surface area contributed by atoms with E-state index in [4.69, 9.17) is 9.84 Å². The Morgan fingerprint density at radius 3 is 1.81 bits per heavy atom. The van der Waals surface area contributed by atoms with Crippen LogP contribution in [0.25, 0.3) is 0 Å². The van der Waals surface area contributed by atoms with Crippen LogP contribution < -0.4 is 0 Å². The van der Waals surface area contributed by atoms with Gasteiger partial charge >= 0.3 is 5.97 Å². The van der Waals surface area contributed by atoms with Gasteiger partial charge in [-0.3, -0.25) is 4.79 Å². The van der Waals surface area contributed by atoms with Crippen molar-refractivity contribution >= 4 is 5.97 Å². The summed E-state index contributed by atoms with van der Waals surface area (Å²) in [5.74, 6) is -0.707. The Morgan fingerprint density at radius 2 is 1.37 bits per heavy atom. The van der Waals surface area contributed by atoms with Gasteiger partial charge in [-0.2, -0.15) is 5.06 Å². The van der Waals surface area contributed by atoms with Crippen LogP contribution in [0.2, 0.25) is 0 Å². The fourth-order valence-corrected chi connectivity index (χ4v) is 4.03. The highest BCUT2D eigenvalue weighted by Gasteiger charge is 2.50. The van der Waals surface area contributed by atoms with Gasteiger partial charge in [0.1, 0.15) is 5.72 Å². The van der Waals surface area contributed by atoms with E-state index in [1.807, 2.05) is 13.8 Å². The van der Waals surface area contributed by atoms with Gasteiger partial charge in [0.15, 0.2) is 0 Å². The molecule has 0 aromatic carbocycles. The minimum Gasteiger partial charge on any atom is -0.481 e. The fourth-order valence-electron chi connectivity index (χ4n) is 4.03. The number of hydrogen-bond donors (Lipinski definition) is 2. The summed E-state index contributed by atoms with van der Waals surface area (Å²) in [5, 5.41) is 21.0. The van der Waals surface area contributed by atoms with E-state index in [1.165, 1.54) is 43.6 Å². The lowest BCUT2D eigenvalue weighted by molar-refractivity contribution is -0.256. The number of aliphatic carboxylic acids is 1. The van der Waals surface area contributed by atoms with Gasteiger partial charge in [0.05, 0.1) is 12.1 Å². The second-order valence-corrected chi connectivity index (χ2v) is 8.89. The Labute approximate surface area is 166 Å². The van der Waals surface area contributed by atoms with E-state index in [9.17, 15) is 10.0 Å². The van der Waals surface area contributed by atoms with Gasteiger partial charge in [0.2, 0.25) is 0 Å². The highest BCUT2D eigenvalue weighted by atomic mass is 16.6. The lowest BCUT2D eigenvalue weighted by Crippen LogP contribution is -2.50. The van der Waals surface area contributed by atoms with Gasteiger partial charge in [-0.05, 0) is 46.0 Å². The fraction of sp³-hybridized carbons (Fsp3) is 0.955. The number of carboxylic acids is 1. The van der Waals surface area contributed by atoms with Crippen molar-refractivity contribution in [2.75, 3.05) is 6.61 Å². The molecule has 0 amide bonds. The molecule has 1 saturated heterocycles. The monoisotopic (exact) mass is 385 g/mol. The molecule has 27 heavy (non-hydrogen) atoms. The number of unbranched alkanes of at least 4 members (excludes halogenated alkanes) is 10. The number of hydroxylamine groups is 2. The van der Waals surface area contributed by atoms with Crippen LogP contribution in [-0.4, -0.2) is 39.2 Å². The second kappa shape index (κ2) is 12.7. The van der Waals surface area contributed by atoms with Crippen LogP contribution in [0, 0.1) is 0 Å². The zero-order chi connectivity index (χ0) is 20.2. The van der Waals surface area contributed by atoms with Crippen LogP contribution in [0.3, 0.4) is 0 Å². The summed E-state index contributed by atoms with van der Waals surface area (Å²) in [4.78, 5) is 10.6. The Hall–Kier alpha value is -0.650. The van der Waals surface area contributed by atoms with E-state index in [1.54, 1.807) is 0 Å². The van der Waals surface area contributed by atoms with Crippen LogP contribution in [0.1, 0.15) is 117 Å². The van der Waals surface area contributed by atoms with E-state index in [2.05, 4.69) is 6.92 Å². The van der Waals surface area contributed by atoms with Gasteiger partial charge < -0.3 is 15.1 Å². The summed E-state index contributed by atoms with van der Waals surface area (Å²) in [6.45, 7) is 6.88. The van der Waals surface area contributed by atoms with Crippen molar-refractivity contribution in [2.24, 2.45) is 0 Å². The van der Waals surface area contributed by atoms with E-state index in [0.29, 0.717) is 6.61 Å². The predicted octanol–water partition coefficient (Wildman–Crippen LogP) is 6.14. The Morgan fingerprint density at radius 1 is 0.889 bits per heavy atom. The maximum absolute atomic E-state index is 10.8. The first-order valence-corrected chi connectivity index (χ1v) is 11.2. The Balaban J connectivity index is 2.34. The number of rotatable bonds is 16. The number of carbonyl (C=O) groups is 1. The summed E-state index contributed by atoms with van der Waals surface area (Å²) in [7, 11) is 0. The second-order valence-electron chi connectivity index (χ2n) is 8.89. The van der Waals surface area contributed by atoms with Crippen molar-refractivity contribution in [1.82, 2.24) is 5.06 Å². The number of nitrogens with zero attached hydrogens (tertiary/aromatic N) is 1. The molecule has 160 valence electrons. The molecule has 0 aromatic rings. The van der Waals surface area contributed by atoms with E-state index in [0.717, 1.165) is 51.4 Å². The third-order valence-electron chi connectivity index (χ3n) is 5.78. The van der Waals surface area contributed by atoms with Gasteiger partial charge in [0, 0.05) is 6.42 Å². The minimum absolute atomic E-state index is 0.268. The maximum atomic E-state index is 10.8. The van der Waals surface area contributed by atoms with Crippen LogP contribution in [0.5, 0.6) is 0 Å². The molecule has 1 aliphatic heterocycles. The quantitative estimate of drug-likeness (QED) is 0.312. The average Bonchev–Trinajstić information content (AvgIpc) is 2.84. The van der Waals surface area contributed by atoms with Crippen molar-refractivity contribution < 1.29 is 19.8 Å². The molecule has 5 heteroatoms. The molecule has 5 nitrogen and oxygen atoms in total. The third-order valence-corrected chi connectivity index (χ3v) is 5.78. The first-order valence-electron chi connectivity index (χ1n) is 11.2. The standard InChI is InChI=1S/C22H43NO4/c1-4-5-6-7-8-11-14-17-22(23(26)21(2,3)19-27-22)18-15-12-9-10-13-16-20(24)25/h26H,4-19H2,1-3H3,(H,24,25). The maximum Gasteiger partial charge on any atom is 0.303 e. The zero-order valence-corrected chi connectivity index (χ0v) is 18.0. The number of ether oxygens (including phenoxy) is 1. The normalized spacial score (nSPS) is 22.4. The van der Waals surface area contributed by atoms with Crippen LogP contribution in [0.15, 0.2) is 0 Å². The molecule has 2 N–H and O–H groups in total. The smallest absolute Gasteiger partial charge is 0.303 e. The molecule has 1 aliphatic rings. The van der Waals surface area contributed by atoms with Crippen LogP contribution in [0.4, 0.5) is 0 Å². The van der Waals surface area contributed by atoms with Crippen molar-refractivity contribution in [3.05, 3.63) is 0 Å². The summed E-state index contributed by atoms with van der Waals surface area (Å²) < 4.78 is 6.17. The topological polar surface area (TPSA) is 70.0 Å². The van der Waals surface area contributed by atoms with Crippen molar-refractivity contribution in [3.63, 3.8) is 0 Å². The molecule has 0 spiro atoms. The van der Waals surface area contributed by atoms with E-state index in [-0.39, 0.29) is 12.0 Å². The Bertz CT molecular complexity index is 413. The van der Waals surface area contributed by atoms with Gasteiger partial charge in [0.25, 0.3) is 0 Å². The molecule has 1 atom stereocenters. The number of carboxylic acid groups (broad SMARTS) is 1. The Kier molecular flexibility index (Phi) is 11.5. The van der Waals surface area contributed by atoms with E-state index < -0.39 is 11.7 Å². The zero-order valence-electron chi connectivity index (χ0n) is 18.0. The third kappa shape index (κ3) is 8.93. The highest BCUT2D eigenvalue weighted by Crippen LogP contribution is 2.40. The molecular formula is C22H43NO4. The molecule has 0 aromatic heterocycles. The minimum atomic E-state index is -0.707. The van der Waals surface area contributed by atoms with Crippen molar-refractivity contribution in [1.29, 1.82) is 0 Å². The molecule has 0 aliphatic carbocycles. The average molecular weight is 386 g/mol. The number of hydrogen-bond acceptors (Lipinski definition) is 4. The lowest BCUT2D eigenvalue weighted by Gasteiger charge is -2.37. The summed E-state index contributed by atoms with van der Waals surface area (Å²) in [5.41, 5.74) is -0.864. The summed E-state index contributed by atoms with van der Waals surface area (Å²) >= 11 is 0. The van der Waals surface area contributed by atoms with Crippen LogP contribution in [-0.2, 0) is 9.53 Å². The molecule has 1 unspecified atom stereocenters. The molecule has 0 radical (unpaired) electrons. The SMILES string of the molecule is CCCCCCCCCC1(CCCCCCCC(=O)O)OCC(C)(C)N1O. The first-order chi connectivity index (χ1) is 12.8. The van der Waals surface area contributed by atoms with Crippen LogP contribution >= 0.6 is 0 Å². The first kappa shape index (κ1) is 24.4. The van der Waals surface area contributed by atoms with E-state index >= 15 is 0 Å². The molecule has 1 rings (SSSR count). The van der Waals surface area contributed by atoms with Gasteiger partial charge in [-0.25, -0.2) is 0 Å². The lowest BCUT2D eigenvalue weighted by atomic mass is 9.95. The predicted molar refractivity (Wildman–Crippen MR) is 109 cm³/mol. The molecule has 0 bridgehead atoms. The molecular weight excluding hydrogens is 342 g/mol. The molecule has 0 saturated carbocycles. The van der Waals surface area contributed by atoms with Crippen molar-refractivity contribution in [2.45, 2.75) is 128 Å². The van der Waals surface area contributed by atoms with Gasteiger partial charge in [-0.1, -0.05) is 64.7 Å². The largest absolute Gasteiger partial charge is 0.481 e. The molecule has 1 fully saturated rings. The summed E-state index contributed by atoms with van der Waals surface area (Å²) in [6, 6.07) is 0. The summed E-state index contributed by atoms with van der Waals surface area (Å²) in [6.07, 6.45) is 15.7. The highest BCUT2D eigenvalue weighted by molar-refractivity contribution is 5.66. The van der Waals surface area contributed by atoms with Gasteiger partial charge in [-0.15, -0.1) is 0 Å². The van der Waals surface area contributed by atoms with Crippen molar-refractivity contribution in [3.8, 4) is 0 Å². The molecule has 1 heterocycles.